The lowest BCUT2D eigenvalue weighted by Crippen LogP contribution is -2.42. The van der Waals surface area contributed by atoms with Crippen LogP contribution in [0.15, 0.2) is 35.5 Å². The number of benzene rings is 1. The molecule has 110 valence electrons. The first-order valence-corrected chi connectivity index (χ1v) is 7.77. The van der Waals surface area contributed by atoms with Crippen LogP contribution in [-0.2, 0) is 0 Å². The molecule has 21 heavy (non-hydrogen) atoms. The van der Waals surface area contributed by atoms with Crippen LogP contribution in [0.5, 0.6) is 0 Å². The van der Waals surface area contributed by atoms with Crippen LogP contribution in [0, 0.1) is 5.92 Å². The Morgan fingerprint density at radius 2 is 2.19 bits per heavy atom. The maximum absolute atomic E-state index is 12.4. The predicted octanol–water partition coefficient (Wildman–Crippen LogP) is 2.55. The molecular formula is C15H17N3O2S. The van der Waals surface area contributed by atoms with Crippen LogP contribution in [0.3, 0.4) is 0 Å². The zero-order chi connectivity index (χ0) is 14.8. The molecule has 1 fully saturated rings. The summed E-state index contributed by atoms with van der Waals surface area (Å²) in [5.74, 6) is 0.0429. The van der Waals surface area contributed by atoms with Gasteiger partial charge in [0.15, 0.2) is 0 Å². The fourth-order valence-electron chi connectivity index (χ4n) is 2.89. The number of amides is 1. The van der Waals surface area contributed by atoms with Crippen LogP contribution in [-0.4, -0.2) is 23.0 Å². The van der Waals surface area contributed by atoms with Gasteiger partial charge in [-0.2, -0.15) is 0 Å². The molecule has 0 saturated heterocycles. The molecule has 0 bridgehead atoms. The molecule has 2 aromatic rings. The summed E-state index contributed by atoms with van der Waals surface area (Å²) in [5, 5.41) is 16.0. The van der Waals surface area contributed by atoms with Crippen molar-refractivity contribution in [2.75, 3.05) is 0 Å². The van der Waals surface area contributed by atoms with Crippen molar-refractivity contribution < 1.29 is 10.0 Å². The van der Waals surface area contributed by atoms with E-state index in [1.54, 1.807) is 0 Å². The SMILES string of the molecule is NC(=NO)C1CCCC1NC(=O)c1cc2ccccc2s1. The maximum atomic E-state index is 12.4. The molecule has 6 heteroatoms. The van der Waals surface area contributed by atoms with Crippen molar-refractivity contribution in [3.05, 3.63) is 35.2 Å². The number of nitrogens with zero attached hydrogens (tertiary/aromatic N) is 1. The van der Waals surface area contributed by atoms with Crippen LogP contribution in [0.1, 0.15) is 28.9 Å². The van der Waals surface area contributed by atoms with Crippen LogP contribution < -0.4 is 11.1 Å². The summed E-state index contributed by atoms with van der Waals surface area (Å²) in [6.45, 7) is 0. The molecule has 5 nitrogen and oxygen atoms in total. The number of nitrogens with two attached hydrogens (primary N) is 1. The van der Waals surface area contributed by atoms with E-state index in [0.717, 1.165) is 29.3 Å². The Kier molecular flexibility index (Phi) is 3.79. The fraction of sp³-hybridized carbons (Fsp3) is 0.333. The molecule has 1 heterocycles. The highest BCUT2D eigenvalue weighted by molar-refractivity contribution is 7.20. The van der Waals surface area contributed by atoms with Gasteiger partial charge in [0.05, 0.1) is 4.88 Å². The second-order valence-corrected chi connectivity index (χ2v) is 6.37. The summed E-state index contributed by atoms with van der Waals surface area (Å²) < 4.78 is 1.10. The van der Waals surface area contributed by atoms with Gasteiger partial charge in [0.25, 0.3) is 5.91 Å². The largest absolute Gasteiger partial charge is 0.409 e. The molecule has 2 unspecified atom stereocenters. The van der Waals surface area contributed by atoms with Gasteiger partial charge in [-0.1, -0.05) is 29.8 Å². The Balaban J connectivity index is 1.76. The van der Waals surface area contributed by atoms with Gasteiger partial charge in [0.2, 0.25) is 0 Å². The Morgan fingerprint density at radius 3 is 2.95 bits per heavy atom. The number of amidine groups is 1. The van der Waals surface area contributed by atoms with Gasteiger partial charge >= 0.3 is 0 Å². The van der Waals surface area contributed by atoms with Gasteiger partial charge < -0.3 is 16.3 Å². The molecule has 2 atom stereocenters. The van der Waals surface area contributed by atoms with Crippen molar-refractivity contribution in [3.8, 4) is 0 Å². The van der Waals surface area contributed by atoms with Crippen LogP contribution in [0.4, 0.5) is 0 Å². The number of carbonyl (C=O) groups excluding carboxylic acids is 1. The van der Waals surface area contributed by atoms with Gasteiger partial charge in [-0.25, -0.2) is 0 Å². The third-order valence-electron chi connectivity index (χ3n) is 3.98. The van der Waals surface area contributed by atoms with E-state index < -0.39 is 0 Å². The van der Waals surface area contributed by atoms with E-state index in [-0.39, 0.29) is 23.7 Å². The normalized spacial score (nSPS) is 22.6. The van der Waals surface area contributed by atoms with E-state index in [1.807, 2.05) is 30.3 Å². The molecule has 1 aromatic heterocycles. The lowest BCUT2D eigenvalue weighted by atomic mass is 10.0. The summed E-state index contributed by atoms with van der Waals surface area (Å²) in [6.07, 6.45) is 2.67. The first-order chi connectivity index (χ1) is 10.2. The van der Waals surface area contributed by atoms with Crippen molar-refractivity contribution in [3.63, 3.8) is 0 Å². The van der Waals surface area contributed by atoms with Gasteiger partial charge in [-0.3, -0.25) is 4.79 Å². The van der Waals surface area contributed by atoms with Gasteiger partial charge in [0, 0.05) is 16.7 Å². The molecule has 4 N–H and O–H groups in total. The van der Waals surface area contributed by atoms with Crippen LogP contribution >= 0.6 is 11.3 Å². The number of oxime groups is 1. The molecule has 0 spiro atoms. The second kappa shape index (κ2) is 5.73. The fourth-order valence-corrected chi connectivity index (χ4v) is 3.86. The Morgan fingerprint density at radius 1 is 1.38 bits per heavy atom. The number of rotatable bonds is 3. The average molecular weight is 303 g/mol. The van der Waals surface area contributed by atoms with E-state index in [9.17, 15) is 4.79 Å². The predicted molar refractivity (Wildman–Crippen MR) is 83.8 cm³/mol. The smallest absolute Gasteiger partial charge is 0.261 e. The maximum Gasteiger partial charge on any atom is 0.261 e. The highest BCUT2D eigenvalue weighted by Gasteiger charge is 2.32. The van der Waals surface area contributed by atoms with Crippen molar-refractivity contribution in [2.24, 2.45) is 16.8 Å². The molecule has 1 saturated carbocycles. The summed E-state index contributed by atoms with van der Waals surface area (Å²) in [7, 11) is 0. The molecule has 1 amide bonds. The lowest BCUT2D eigenvalue weighted by molar-refractivity contribution is 0.0937. The zero-order valence-electron chi connectivity index (χ0n) is 11.5. The standard InChI is InChI=1S/C15H17N3O2S/c16-14(18-20)10-5-3-6-11(10)17-15(19)13-8-9-4-1-2-7-12(9)21-13/h1-2,4,7-8,10-11,20H,3,5-6H2,(H2,16,18)(H,17,19). The summed E-state index contributed by atoms with van der Waals surface area (Å²) in [5.41, 5.74) is 5.70. The van der Waals surface area contributed by atoms with Crippen molar-refractivity contribution >= 4 is 33.2 Å². The van der Waals surface area contributed by atoms with Crippen molar-refractivity contribution in [1.29, 1.82) is 0 Å². The Bertz CT molecular complexity index is 662. The minimum Gasteiger partial charge on any atom is -0.409 e. The van der Waals surface area contributed by atoms with Gasteiger partial charge in [-0.15, -0.1) is 11.3 Å². The number of carbonyl (C=O) groups is 1. The Labute approximate surface area is 126 Å². The third-order valence-corrected chi connectivity index (χ3v) is 5.09. The number of thiophene rings is 1. The number of fused-ring (bicyclic) bond motifs is 1. The zero-order valence-corrected chi connectivity index (χ0v) is 12.3. The van der Waals surface area contributed by atoms with E-state index >= 15 is 0 Å². The minimum absolute atomic E-state index is 0.0568. The topological polar surface area (TPSA) is 87.7 Å². The first kappa shape index (κ1) is 13.9. The molecule has 0 aliphatic heterocycles. The Hall–Kier alpha value is -2.08. The summed E-state index contributed by atoms with van der Waals surface area (Å²) in [6, 6.07) is 9.78. The molecule has 0 radical (unpaired) electrons. The van der Waals surface area contributed by atoms with Crippen molar-refractivity contribution in [1.82, 2.24) is 5.32 Å². The summed E-state index contributed by atoms with van der Waals surface area (Å²) in [4.78, 5) is 13.1. The van der Waals surface area contributed by atoms with E-state index in [2.05, 4.69) is 10.5 Å². The van der Waals surface area contributed by atoms with Gasteiger partial charge in [0.1, 0.15) is 5.84 Å². The number of hydrogen-bond donors (Lipinski definition) is 3. The van der Waals surface area contributed by atoms with E-state index in [0.29, 0.717) is 4.88 Å². The van der Waals surface area contributed by atoms with E-state index in [4.69, 9.17) is 10.9 Å². The number of hydrogen-bond acceptors (Lipinski definition) is 4. The minimum atomic E-state index is -0.0844. The lowest BCUT2D eigenvalue weighted by Gasteiger charge is -2.19. The highest BCUT2D eigenvalue weighted by atomic mass is 32.1. The second-order valence-electron chi connectivity index (χ2n) is 5.29. The van der Waals surface area contributed by atoms with Crippen LogP contribution in [0.25, 0.3) is 10.1 Å². The molecular weight excluding hydrogens is 286 g/mol. The average Bonchev–Trinajstić information content (AvgIpc) is 3.12. The molecule has 1 aliphatic carbocycles. The molecule has 1 aromatic carbocycles. The highest BCUT2D eigenvalue weighted by Crippen LogP contribution is 2.28. The molecule has 3 rings (SSSR count). The van der Waals surface area contributed by atoms with Gasteiger partial charge in [-0.05, 0) is 30.4 Å². The third kappa shape index (κ3) is 2.71. The first-order valence-electron chi connectivity index (χ1n) is 6.96. The van der Waals surface area contributed by atoms with Crippen LogP contribution in [0.2, 0.25) is 0 Å². The molecule has 1 aliphatic rings. The van der Waals surface area contributed by atoms with Crippen molar-refractivity contribution in [2.45, 2.75) is 25.3 Å². The number of nitrogens with one attached hydrogen (secondary N) is 1. The quantitative estimate of drug-likeness (QED) is 0.352. The van der Waals surface area contributed by atoms with E-state index in [1.165, 1.54) is 11.3 Å². The monoisotopic (exact) mass is 303 g/mol. The summed E-state index contributed by atoms with van der Waals surface area (Å²) >= 11 is 1.48.